The van der Waals surface area contributed by atoms with Crippen molar-refractivity contribution in [3.63, 3.8) is 0 Å². The zero-order chi connectivity index (χ0) is 15.3. The zero-order valence-electron chi connectivity index (χ0n) is 12.7. The van der Waals surface area contributed by atoms with Gasteiger partial charge in [-0.1, -0.05) is 12.1 Å². The van der Waals surface area contributed by atoms with Gasteiger partial charge in [0.2, 0.25) is 0 Å². The molecule has 0 spiro atoms. The highest BCUT2D eigenvalue weighted by Crippen LogP contribution is 2.21. The highest BCUT2D eigenvalue weighted by atomic mass is 16.6. The summed E-state index contributed by atoms with van der Waals surface area (Å²) in [6.07, 6.45) is 0. The van der Waals surface area contributed by atoms with Gasteiger partial charge < -0.3 is 9.47 Å². The second-order valence-corrected chi connectivity index (χ2v) is 5.60. The first-order valence-corrected chi connectivity index (χ1v) is 6.74. The van der Waals surface area contributed by atoms with Gasteiger partial charge in [0.15, 0.2) is 0 Å². The van der Waals surface area contributed by atoms with Crippen LogP contribution in [0.2, 0.25) is 0 Å². The normalized spacial score (nSPS) is 12.7. The predicted octanol–water partition coefficient (Wildman–Crippen LogP) is 3.31. The highest BCUT2D eigenvalue weighted by Gasteiger charge is 2.23. The maximum absolute atomic E-state index is 12.0. The molecule has 0 unspecified atom stereocenters. The molecular weight excluding hydrogens is 256 g/mol. The Morgan fingerprint density at radius 2 is 1.70 bits per heavy atom. The van der Waals surface area contributed by atoms with Crippen LogP contribution in [-0.4, -0.2) is 24.1 Å². The summed E-state index contributed by atoms with van der Waals surface area (Å²) in [6.45, 7) is 9.39. The number of carbonyl (C=O) groups excluding carboxylic acids is 2. The summed E-state index contributed by atoms with van der Waals surface area (Å²) in [5.74, 6) is -1.00. The number of hydrogen-bond donors (Lipinski definition) is 0. The summed E-state index contributed by atoms with van der Waals surface area (Å²) in [5, 5.41) is 0. The fourth-order valence-corrected chi connectivity index (χ4v) is 1.65. The Labute approximate surface area is 120 Å². The fourth-order valence-electron chi connectivity index (χ4n) is 1.65. The molecule has 4 nitrogen and oxygen atoms in total. The van der Waals surface area contributed by atoms with Gasteiger partial charge >= 0.3 is 11.9 Å². The molecule has 1 aromatic rings. The number of hydrogen-bond acceptors (Lipinski definition) is 4. The molecule has 0 fully saturated rings. The van der Waals surface area contributed by atoms with Crippen molar-refractivity contribution in [2.45, 2.75) is 46.1 Å². The topological polar surface area (TPSA) is 52.6 Å². The molecule has 1 atom stereocenters. The Bertz CT molecular complexity index is 468. The van der Waals surface area contributed by atoms with E-state index in [1.807, 2.05) is 20.8 Å². The van der Waals surface area contributed by atoms with Crippen molar-refractivity contribution in [1.29, 1.82) is 0 Å². The Morgan fingerprint density at radius 1 is 1.15 bits per heavy atom. The predicted molar refractivity (Wildman–Crippen MR) is 76.7 cm³/mol. The van der Waals surface area contributed by atoms with Crippen molar-refractivity contribution in [3.8, 4) is 0 Å². The highest BCUT2D eigenvalue weighted by molar-refractivity contribution is 5.89. The molecule has 0 amide bonds. The quantitative estimate of drug-likeness (QED) is 0.793. The van der Waals surface area contributed by atoms with E-state index < -0.39 is 5.60 Å². The molecule has 4 heteroatoms. The van der Waals surface area contributed by atoms with E-state index in [4.69, 9.17) is 9.47 Å². The van der Waals surface area contributed by atoms with Crippen LogP contribution in [0.15, 0.2) is 24.3 Å². The Kier molecular flexibility index (Phi) is 5.31. The summed E-state index contributed by atoms with van der Waals surface area (Å²) < 4.78 is 10.3. The molecule has 0 N–H and O–H groups in total. The number of carbonyl (C=O) groups is 2. The van der Waals surface area contributed by atoms with E-state index in [9.17, 15) is 9.59 Å². The van der Waals surface area contributed by atoms with Crippen molar-refractivity contribution in [2.24, 2.45) is 0 Å². The smallest absolute Gasteiger partial charge is 0.338 e. The lowest BCUT2D eigenvalue weighted by Crippen LogP contribution is -2.26. The third kappa shape index (κ3) is 4.68. The van der Waals surface area contributed by atoms with Crippen molar-refractivity contribution in [3.05, 3.63) is 35.4 Å². The lowest BCUT2D eigenvalue weighted by molar-refractivity contribution is -0.156. The maximum Gasteiger partial charge on any atom is 0.338 e. The Balaban J connectivity index is 2.78. The van der Waals surface area contributed by atoms with Gasteiger partial charge in [-0.05, 0) is 52.3 Å². The van der Waals surface area contributed by atoms with Crippen LogP contribution in [0.3, 0.4) is 0 Å². The van der Waals surface area contributed by atoms with Crippen LogP contribution in [0.4, 0.5) is 0 Å². The first-order valence-electron chi connectivity index (χ1n) is 6.74. The van der Waals surface area contributed by atoms with Crippen LogP contribution in [0, 0.1) is 0 Å². The van der Waals surface area contributed by atoms with E-state index in [1.165, 1.54) is 0 Å². The molecule has 110 valence electrons. The van der Waals surface area contributed by atoms with Crippen LogP contribution >= 0.6 is 0 Å². The third-order valence-electron chi connectivity index (χ3n) is 2.68. The molecule has 1 rings (SSSR count). The first-order chi connectivity index (χ1) is 9.24. The molecular formula is C16H22O4. The average molecular weight is 278 g/mol. The number of rotatable bonds is 4. The first kappa shape index (κ1) is 16.2. The van der Waals surface area contributed by atoms with Crippen molar-refractivity contribution >= 4 is 11.9 Å². The Hall–Kier alpha value is -1.84. The van der Waals surface area contributed by atoms with Gasteiger partial charge in [-0.3, -0.25) is 4.79 Å². The molecule has 1 aromatic carbocycles. The molecule has 0 aromatic heterocycles. The molecule has 0 aliphatic carbocycles. The second kappa shape index (κ2) is 6.55. The van der Waals surface area contributed by atoms with Crippen molar-refractivity contribution in [2.75, 3.05) is 6.61 Å². The SMILES string of the molecule is CCOC(=O)c1ccc([C@H](C)C(=O)OC(C)(C)C)cc1. The summed E-state index contributed by atoms with van der Waals surface area (Å²) >= 11 is 0. The summed E-state index contributed by atoms with van der Waals surface area (Å²) in [6, 6.07) is 6.82. The average Bonchev–Trinajstić information content (AvgIpc) is 2.36. The molecule has 0 saturated carbocycles. The van der Waals surface area contributed by atoms with E-state index in [1.54, 1.807) is 38.1 Å². The van der Waals surface area contributed by atoms with Crippen LogP contribution in [0.25, 0.3) is 0 Å². The van der Waals surface area contributed by atoms with Gasteiger partial charge in [0.25, 0.3) is 0 Å². The minimum absolute atomic E-state index is 0.276. The van der Waals surface area contributed by atoms with E-state index in [2.05, 4.69) is 0 Å². The van der Waals surface area contributed by atoms with E-state index in [0.29, 0.717) is 12.2 Å². The summed E-state index contributed by atoms with van der Waals surface area (Å²) in [5.41, 5.74) is 0.787. The molecule has 0 saturated heterocycles. The standard InChI is InChI=1S/C16H22O4/c1-6-19-15(18)13-9-7-12(8-10-13)11(2)14(17)20-16(3,4)5/h7-11H,6H2,1-5H3/t11-/m0/s1. The summed E-state index contributed by atoms with van der Waals surface area (Å²) in [4.78, 5) is 23.5. The van der Waals surface area contributed by atoms with E-state index >= 15 is 0 Å². The lowest BCUT2D eigenvalue weighted by Gasteiger charge is -2.22. The third-order valence-corrected chi connectivity index (χ3v) is 2.68. The number of esters is 2. The van der Waals surface area contributed by atoms with Gasteiger partial charge in [-0.2, -0.15) is 0 Å². The van der Waals surface area contributed by atoms with Crippen LogP contribution in [0.5, 0.6) is 0 Å². The van der Waals surface area contributed by atoms with Crippen molar-refractivity contribution in [1.82, 2.24) is 0 Å². The number of benzene rings is 1. The molecule has 0 bridgehead atoms. The van der Waals surface area contributed by atoms with Crippen molar-refractivity contribution < 1.29 is 19.1 Å². The molecule has 20 heavy (non-hydrogen) atoms. The molecule has 0 aliphatic heterocycles. The van der Waals surface area contributed by atoms with Crippen LogP contribution < -0.4 is 0 Å². The van der Waals surface area contributed by atoms with Gasteiger partial charge in [-0.25, -0.2) is 4.79 Å². The molecule has 0 radical (unpaired) electrons. The number of ether oxygens (including phenoxy) is 2. The largest absolute Gasteiger partial charge is 0.462 e. The lowest BCUT2D eigenvalue weighted by atomic mass is 9.99. The maximum atomic E-state index is 12.0. The van der Waals surface area contributed by atoms with Gasteiger partial charge in [0.05, 0.1) is 18.1 Å². The molecule has 0 aliphatic rings. The van der Waals surface area contributed by atoms with E-state index in [-0.39, 0.29) is 17.9 Å². The van der Waals surface area contributed by atoms with Gasteiger partial charge in [-0.15, -0.1) is 0 Å². The second-order valence-electron chi connectivity index (χ2n) is 5.60. The van der Waals surface area contributed by atoms with Crippen LogP contribution in [0.1, 0.15) is 56.5 Å². The fraction of sp³-hybridized carbons (Fsp3) is 0.500. The monoisotopic (exact) mass is 278 g/mol. The summed E-state index contributed by atoms with van der Waals surface area (Å²) in [7, 11) is 0. The Morgan fingerprint density at radius 3 is 2.15 bits per heavy atom. The van der Waals surface area contributed by atoms with Crippen LogP contribution in [-0.2, 0) is 14.3 Å². The zero-order valence-corrected chi connectivity index (χ0v) is 12.7. The minimum atomic E-state index is -0.504. The molecule has 0 heterocycles. The van der Waals surface area contributed by atoms with Gasteiger partial charge in [0.1, 0.15) is 5.60 Å². The van der Waals surface area contributed by atoms with E-state index in [0.717, 1.165) is 5.56 Å². The van der Waals surface area contributed by atoms with Gasteiger partial charge in [0, 0.05) is 0 Å². The minimum Gasteiger partial charge on any atom is -0.462 e.